The molecule has 4 heteroatoms. The van der Waals surface area contributed by atoms with Crippen LogP contribution in [0.4, 0.5) is 0 Å². The summed E-state index contributed by atoms with van der Waals surface area (Å²) in [5.74, 6) is -1.04. The Hall–Kier alpha value is -1.06. The van der Waals surface area contributed by atoms with Crippen LogP contribution in [0.2, 0.25) is 0 Å². The minimum Gasteiger partial charge on any atom is -0.480 e. The number of carbonyl (C=O) groups is 2. The number of rotatable bonds is 4. The van der Waals surface area contributed by atoms with E-state index in [-0.39, 0.29) is 11.3 Å². The third kappa shape index (κ3) is 2.97. The van der Waals surface area contributed by atoms with Crippen LogP contribution in [0.3, 0.4) is 0 Å². The highest BCUT2D eigenvalue weighted by Gasteiger charge is 2.36. The monoisotopic (exact) mass is 227 g/mol. The fourth-order valence-electron chi connectivity index (χ4n) is 2.23. The molecule has 1 aliphatic carbocycles. The molecule has 16 heavy (non-hydrogen) atoms. The zero-order chi connectivity index (χ0) is 12.2. The average Bonchev–Trinajstić information content (AvgIpc) is 2.26. The summed E-state index contributed by atoms with van der Waals surface area (Å²) in [6.45, 7) is 3.71. The minimum absolute atomic E-state index is 0.0959. The average molecular weight is 227 g/mol. The van der Waals surface area contributed by atoms with Gasteiger partial charge in [0.1, 0.15) is 6.04 Å². The van der Waals surface area contributed by atoms with Gasteiger partial charge in [0.25, 0.3) is 0 Å². The van der Waals surface area contributed by atoms with E-state index < -0.39 is 12.0 Å². The lowest BCUT2D eigenvalue weighted by atomic mass is 9.75. The maximum absolute atomic E-state index is 12.0. The van der Waals surface area contributed by atoms with Gasteiger partial charge in [0.05, 0.1) is 0 Å². The molecule has 4 nitrogen and oxygen atoms in total. The topological polar surface area (TPSA) is 66.4 Å². The van der Waals surface area contributed by atoms with E-state index in [4.69, 9.17) is 5.11 Å². The largest absolute Gasteiger partial charge is 0.480 e. The number of carboxylic acids is 1. The molecular weight excluding hydrogens is 206 g/mol. The molecule has 1 fully saturated rings. The maximum atomic E-state index is 12.0. The molecule has 1 atom stereocenters. The Morgan fingerprint density at radius 2 is 1.88 bits per heavy atom. The highest BCUT2D eigenvalue weighted by molar-refractivity contribution is 5.87. The highest BCUT2D eigenvalue weighted by atomic mass is 16.4. The van der Waals surface area contributed by atoms with Gasteiger partial charge in [-0.25, -0.2) is 4.79 Å². The second-order valence-electron chi connectivity index (χ2n) is 4.89. The molecule has 1 saturated carbocycles. The Morgan fingerprint density at radius 1 is 1.31 bits per heavy atom. The minimum atomic E-state index is -0.949. The van der Waals surface area contributed by atoms with Crippen molar-refractivity contribution in [2.24, 2.45) is 5.41 Å². The second kappa shape index (κ2) is 5.32. The molecule has 0 radical (unpaired) electrons. The molecule has 0 aromatic rings. The standard InChI is InChI=1S/C12H21NO3/c1-3-9(10(14)15)13-11(16)12(2)7-5-4-6-8-12/h9H,3-8H2,1-2H3,(H,13,16)(H,14,15). The van der Waals surface area contributed by atoms with Crippen LogP contribution in [0, 0.1) is 5.41 Å². The lowest BCUT2D eigenvalue weighted by Gasteiger charge is -2.33. The smallest absolute Gasteiger partial charge is 0.326 e. The van der Waals surface area contributed by atoms with E-state index in [1.165, 1.54) is 6.42 Å². The first-order chi connectivity index (χ1) is 7.49. The van der Waals surface area contributed by atoms with Crippen LogP contribution in [-0.2, 0) is 9.59 Å². The summed E-state index contributed by atoms with van der Waals surface area (Å²) in [6.07, 6.45) is 5.47. The van der Waals surface area contributed by atoms with Gasteiger partial charge in [0.15, 0.2) is 0 Å². The molecule has 1 unspecified atom stereocenters. The van der Waals surface area contributed by atoms with Crippen molar-refractivity contribution >= 4 is 11.9 Å². The Kier molecular flexibility index (Phi) is 4.33. The summed E-state index contributed by atoms with van der Waals surface area (Å²) >= 11 is 0. The molecule has 0 aliphatic heterocycles. The quantitative estimate of drug-likeness (QED) is 0.771. The van der Waals surface area contributed by atoms with Crippen molar-refractivity contribution in [2.75, 3.05) is 0 Å². The van der Waals surface area contributed by atoms with E-state index in [1.807, 2.05) is 6.92 Å². The van der Waals surface area contributed by atoms with E-state index >= 15 is 0 Å². The molecule has 1 aliphatic rings. The molecule has 0 aromatic heterocycles. The van der Waals surface area contributed by atoms with Crippen molar-refractivity contribution in [3.63, 3.8) is 0 Å². The first kappa shape index (κ1) is 13.0. The molecule has 92 valence electrons. The Labute approximate surface area is 96.4 Å². The van der Waals surface area contributed by atoms with Crippen LogP contribution in [0.1, 0.15) is 52.4 Å². The zero-order valence-corrected chi connectivity index (χ0v) is 10.1. The number of amides is 1. The molecule has 0 saturated heterocycles. The fraction of sp³-hybridized carbons (Fsp3) is 0.833. The highest BCUT2D eigenvalue weighted by Crippen LogP contribution is 2.35. The summed E-state index contributed by atoms with van der Waals surface area (Å²) in [4.78, 5) is 22.9. The van der Waals surface area contributed by atoms with Gasteiger partial charge in [-0.3, -0.25) is 4.79 Å². The Morgan fingerprint density at radius 3 is 2.31 bits per heavy atom. The van der Waals surface area contributed by atoms with Crippen molar-refractivity contribution in [3.05, 3.63) is 0 Å². The summed E-state index contributed by atoms with van der Waals surface area (Å²) in [7, 11) is 0. The van der Waals surface area contributed by atoms with E-state index in [0.29, 0.717) is 6.42 Å². The fourth-order valence-corrected chi connectivity index (χ4v) is 2.23. The number of nitrogens with one attached hydrogen (secondary N) is 1. The molecule has 1 rings (SSSR count). The van der Waals surface area contributed by atoms with Gasteiger partial charge in [-0.1, -0.05) is 33.1 Å². The van der Waals surface area contributed by atoms with Crippen LogP contribution >= 0.6 is 0 Å². The first-order valence-electron chi connectivity index (χ1n) is 6.03. The number of aliphatic carboxylic acids is 1. The molecule has 2 N–H and O–H groups in total. The Balaban J connectivity index is 2.59. The van der Waals surface area contributed by atoms with Crippen molar-refractivity contribution in [3.8, 4) is 0 Å². The predicted molar refractivity (Wildman–Crippen MR) is 61.0 cm³/mol. The summed E-state index contributed by atoms with van der Waals surface area (Å²) in [6, 6.07) is -0.744. The second-order valence-corrected chi connectivity index (χ2v) is 4.89. The lowest BCUT2D eigenvalue weighted by Crippen LogP contribution is -2.47. The van der Waals surface area contributed by atoms with Gasteiger partial charge in [-0.15, -0.1) is 0 Å². The third-order valence-corrected chi connectivity index (χ3v) is 3.52. The third-order valence-electron chi connectivity index (χ3n) is 3.52. The zero-order valence-electron chi connectivity index (χ0n) is 10.1. The van der Waals surface area contributed by atoms with Gasteiger partial charge in [-0.05, 0) is 19.3 Å². The van der Waals surface area contributed by atoms with E-state index in [1.54, 1.807) is 6.92 Å². The van der Waals surface area contributed by atoms with Gasteiger partial charge in [0.2, 0.25) is 5.91 Å². The molecular formula is C12H21NO3. The molecule has 1 amide bonds. The number of carboxylic acid groups (broad SMARTS) is 1. The van der Waals surface area contributed by atoms with Crippen LogP contribution < -0.4 is 5.32 Å². The van der Waals surface area contributed by atoms with E-state index in [2.05, 4.69) is 5.32 Å². The Bertz CT molecular complexity index is 269. The predicted octanol–water partition coefficient (Wildman–Crippen LogP) is 1.94. The van der Waals surface area contributed by atoms with Crippen molar-refractivity contribution in [1.29, 1.82) is 0 Å². The van der Waals surface area contributed by atoms with Crippen LogP contribution in [-0.4, -0.2) is 23.0 Å². The van der Waals surface area contributed by atoms with Gasteiger partial charge < -0.3 is 10.4 Å². The normalized spacial score (nSPS) is 21.1. The van der Waals surface area contributed by atoms with Crippen molar-refractivity contribution in [2.45, 2.75) is 58.4 Å². The van der Waals surface area contributed by atoms with Crippen LogP contribution in [0.25, 0.3) is 0 Å². The number of carbonyl (C=O) groups excluding carboxylic acids is 1. The number of hydrogen-bond acceptors (Lipinski definition) is 2. The molecule has 0 heterocycles. The van der Waals surface area contributed by atoms with Crippen LogP contribution in [0.5, 0.6) is 0 Å². The summed E-state index contributed by atoms with van der Waals surface area (Å²) in [5.41, 5.74) is -0.360. The van der Waals surface area contributed by atoms with Crippen LogP contribution in [0.15, 0.2) is 0 Å². The van der Waals surface area contributed by atoms with E-state index in [0.717, 1.165) is 25.7 Å². The van der Waals surface area contributed by atoms with E-state index in [9.17, 15) is 9.59 Å². The molecule has 0 bridgehead atoms. The van der Waals surface area contributed by atoms with Gasteiger partial charge >= 0.3 is 5.97 Å². The molecule has 0 spiro atoms. The SMILES string of the molecule is CCC(NC(=O)C1(C)CCCCC1)C(=O)O. The van der Waals surface area contributed by atoms with Crippen molar-refractivity contribution < 1.29 is 14.7 Å². The summed E-state index contributed by atoms with van der Waals surface area (Å²) < 4.78 is 0. The van der Waals surface area contributed by atoms with Gasteiger partial charge in [-0.2, -0.15) is 0 Å². The maximum Gasteiger partial charge on any atom is 0.326 e. The first-order valence-corrected chi connectivity index (χ1v) is 6.03. The molecule has 0 aromatic carbocycles. The van der Waals surface area contributed by atoms with Crippen molar-refractivity contribution in [1.82, 2.24) is 5.32 Å². The number of hydrogen-bond donors (Lipinski definition) is 2. The lowest BCUT2D eigenvalue weighted by molar-refractivity contribution is -0.144. The summed E-state index contributed by atoms with van der Waals surface area (Å²) in [5, 5.41) is 11.5. The van der Waals surface area contributed by atoms with Gasteiger partial charge in [0, 0.05) is 5.41 Å².